The number of rotatable bonds is 2. The lowest BCUT2D eigenvalue weighted by Gasteiger charge is -2.34. The predicted molar refractivity (Wildman–Crippen MR) is 96.9 cm³/mol. The molecule has 1 aliphatic heterocycles. The van der Waals surface area contributed by atoms with Gasteiger partial charge in [-0.05, 0) is 26.0 Å². The first kappa shape index (κ1) is 15.7. The number of anilines is 1. The standard InChI is InChI=1S/C18H21N5O2/c1-3-25-18(24)23-8-6-22(7-9-23)17-16-15(19-11-20-17)13-10-12(2)4-5-14(13)21-16/h4-5,10-11,21H,3,6-9H2,1-2H3. The number of hydrogen-bond acceptors (Lipinski definition) is 5. The fraction of sp³-hybridized carbons (Fsp3) is 0.389. The lowest BCUT2D eigenvalue weighted by atomic mass is 10.1. The molecule has 1 aromatic carbocycles. The number of benzene rings is 1. The molecule has 7 nitrogen and oxygen atoms in total. The van der Waals surface area contributed by atoms with E-state index in [-0.39, 0.29) is 6.09 Å². The van der Waals surface area contributed by atoms with Crippen LogP contribution in [-0.2, 0) is 4.74 Å². The molecule has 0 saturated carbocycles. The number of aromatic amines is 1. The summed E-state index contributed by atoms with van der Waals surface area (Å²) in [6.45, 7) is 7.00. The van der Waals surface area contributed by atoms with Gasteiger partial charge in [0.05, 0.1) is 6.61 Å². The van der Waals surface area contributed by atoms with Crippen LogP contribution in [-0.4, -0.2) is 58.7 Å². The Bertz CT molecular complexity index is 928. The number of fused-ring (bicyclic) bond motifs is 3. The zero-order valence-corrected chi connectivity index (χ0v) is 14.5. The molecule has 1 saturated heterocycles. The Morgan fingerprint density at radius 3 is 2.80 bits per heavy atom. The third-order valence-corrected chi connectivity index (χ3v) is 4.62. The van der Waals surface area contributed by atoms with Crippen molar-refractivity contribution in [1.82, 2.24) is 19.9 Å². The van der Waals surface area contributed by atoms with Gasteiger partial charge in [0, 0.05) is 37.1 Å². The average molecular weight is 339 g/mol. The summed E-state index contributed by atoms with van der Waals surface area (Å²) in [7, 11) is 0. The maximum absolute atomic E-state index is 11.9. The van der Waals surface area contributed by atoms with E-state index in [1.54, 1.807) is 11.2 Å². The number of nitrogens with zero attached hydrogens (tertiary/aromatic N) is 4. The lowest BCUT2D eigenvalue weighted by molar-refractivity contribution is 0.105. The number of ether oxygens (including phenoxy) is 1. The lowest BCUT2D eigenvalue weighted by Crippen LogP contribution is -2.49. The molecule has 3 aromatic rings. The van der Waals surface area contributed by atoms with Crippen molar-refractivity contribution in [2.45, 2.75) is 13.8 Å². The highest BCUT2D eigenvalue weighted by Gasteiger charge is 2.24. The summed E-state index contributed by atoms with van der Waals surface area (Å²) < 4.78 is 5.08. The molecule has 25 heavy (non-hydrogen) atoms. The molecule has 0 radical (unpaired) electrons. The first-order valence-electron chi connectivity index (χ1n) is 8.57. The number of carbonyl (C=O) groups excluding carboxylic acids is 1. The highest BCUT2D eigenvalue weighted by Crippen LogP contribution is 2.30. The molecule has 0 unspecified atom stereocenters. The van der Waals surface area contributed by atoms with Gasteiger partial charge in [-0.25, -0.2) is 14.8 Å². The molecule has 0 spiro atoms. The van der Waals surface area contributed by atoms with Gasteiger partial charge in [0.25, 0.3) is 0 Å². The second kappa shape index (κ2) is 6.23. The van der Waals surface area contributed by atoms with Crippen molar-refractivity contribution in [2.24, 2.45) is 0 Å². The fourth-order valence-electron chi connectivity index (χ4n) is 3.35. The van der Waals surface area contributed by atoms with Gasteiger partial charge in [0.2, 0.25) is 0 Å². The molecule has 0 bridgehead atoms. The third kappa shape index (κ3) is 2.75. The minimum Gasteiger partial charge on any atom is -0.450 e. The Hall–Kier alpha value is -2.83. The second-order valence-electron chi connectivity index (χ2n) is 6.27. The minimum absolute atomic E-state index is 0.240. The number of aromatic nitrogens is 3. The Morgan fingerprint density at radius 2 is 2.04 bits per heavy atom. The molecule has 130 valence electrons. The van der Waals surface area contributed by atoms with Crippen LogP contribution in [0.1, 0.15) is 12.5 Å². The van der Waals surface area contributed by atoms with E-state index < -0.39 is 0 Å². The molecule has 2 aromatic heterocycles. The zero-order valence-electron chi connectivity index (χ0n) is 14.5. The Morgan fingerprint density at radius 1 is 1.24 bits per heavy atom. The van der Waals surface area contributed by atoms with E-state index >= 15 is 0 Å². The van der Waals surface area contributed by atoms with Gasteiger partial charge in [0.15, 0.2) is 5.82 Å². The first-order valence-corrected chi connectivity index (χ1v) is 8.57. The average Bonchev–Trinajstić information content (AvgIpc) is 3.00. The van der Waals surface area contributed by atoms with Gasteiger partial charge in [-0.15, -0.1) is 0 Å². The zero-order chi connectivity index (χ0) is 17.4. The van der Waals surface area contributed by atoms with Crippen LogP contribution in [0.3, 0.4) is 0 Å². The first-order chi connectivity index (χ1) is 12.2. The predicted octanol–water partition coefficient (Wildman–Crippen LogP) is 2.70. The van der Waals surface area contributed by atoms with Crippen molar-refractivity contribution in [2.75, 3.05) is 37.7 Å². The fourth-order valence-corrected chi connectivity index (χ4v) is 3.35. The highest BCUT2D eigenvalue weighted by molar-refractivity contribution is 6.08. The van der Waals surface area contributed by atoms with Gasteiger partial charge < -0.3 is 19.5 Å². The van der Waals surface area contributed by atoms with Crippen molar-refractivity contribution >= 4 is 33.8 Å². The molecule has 1 amide bonds. The van der Waals surface area contributed by atoms with Crippen LogP contribution in [0, 0.1) is 6.92 Å². The number of amides is 1. The smallest absolute Gasteiger partial charge is 0.409 e. The minimum atomic E-state index is -0.240. The normalized spacial score (nSPS) is 15.1. The maximum atomic E-state index is 11.9. The van der Waals surface area contributed by atoms with Crippen molar-refractivity contribution < 1.29 is 9.53 Å². The molecule has 3 heterocycles. The van der Waals surface area contributed by atoms with Crippen molar-refractivity contribution in [1.29, 1.82) is 0 Å². The molecule has 4 rings (SSSR count). The monoisotopic (exact) mass is 339 g/mol. The number of H-pyrrole nitrogens is 1. The van der Waals surface area contributed by atoms with Gasteiger partial charge >= 0.3 is 6.09 Å². The summed E-state index contributed by atoms with van der Waals surface area (Å²) in [4.78, 5) is 28.2. The molecule has 0 atom stereocenters. The summed E-state index contributed by atoms with van der Waals surface area (Å²) in [6, 6.07) is 6.31. The van der Waals surface area contributed by atoms with Crippen LogP contribution in [0.5, 0.6) is 0 Å². The number of hydrogen-bond donors (Lipinski definition) is 1. The van der Waals surface area contributed by atoms with Gasteiger partial charge in [-0.2, -0.15) is 0 Å². The molecule has 0 aliphatic carbocycles. The summed E-state index contributed by atoms with van der Waals surface area (Å²) in [5.74, 6) is 0.891. The SMILES string of the molecule is CCOC(=O)N1CCN(c2ncnc3c2[nH]c2ccc(C)cc23)CC1. The van der Waals surface area contributed by atoms with Crippen LogP contribution >= 0.6 is 0 Å². The molecule has 1 N–H and O–H groups in total. The van der Waals surface area contributed by atoms with Crippen molar-refractivity contribution in [3.63, 3.8) is 0 Å². The molecule has 1 fully saturated rings. The van der Waals surface area contributed by atoms with Crippen LogP contribution in [0.25, 0.3) is 21.9 Å². The third-order valence-electron chi connectivity index (χ3n) is 4.62. The summed E-state index contributed by atoms with van der Waals surface area (Å²) in [6.07, 6.45) is 1.38. The van der Waals surface area contributed by atoms with E-state index in [1.807, 2.05) is 6.92 Å². The van der Waals surface area contributed by atoms with Gasteiger partial charge in [-0.3, -0.25) is 0 Å². The Labute approximate surface area is 145 Å². The van der Waals surface area contributed by atoms with E-state index in [1.165, 1.54) is 5.56 Å². The summed E-state index contributed by atoms with van der Waals surface area (Å²) >= 11 is 0. The van der Waals surface area contributed by atoms with Crippen molar-refractivity contribution in [3.8, 4) is 0 Å². The summed E-state index contributed by atoms with van der Waals surface area (Å²) in [5.41, 5.74) is 4.16. The Kier molecular flexibility index (Phi) is 3.91. The number of carbonyl (C=O) groups is 1. The number of aryl methyl sites for hydroxylation is 1. The number of nitrogens with one attached hydrogen (secondary N) is 1. The quantitative estimate of drug-likeness (QED) is 0.777. The molecular weight excluding hydrogens is 318 g/mol. The molecular formula is C18H21N5O2. The van der Waals surface area contributed by atoms with E-state index in [9.17, 15) is 4.79 Å². The van der Waals surface area contributed by atoms with E-state index in [2.05, 4.69) is 45.0 Å². The number of piperazine rings is 1. The van der Waals surface area contributed by atoms with E-state index in [0.29, 0.717) is 19.7 Å². The Balaban J connectivity index is 1.64. The maximum Gasteiger partial charge on any atom is 0.409 e. The van der Waals surface area contributed by atoms with E-state index in [0.717, 1.165) is 40.8 Å². The van der Waals surface area contributed by atoms with Crippen LogP contribution in [0.4, 0.5) is 10.6 Å². The second-order valence-corrected chi connectivity index (χ2v) is 6.27. The summed E-state index contributed by atoms with van der Waals surface area (Å²) in [5, 5.41) is 1.11. The van der Waals surface area contributed by atoms with Crippen LogP contribution in [0.2, 0.25) is 0 Å². The van der Waals surface area contributed by atoms with Crippen LogP contribution < -0.4 is 4.90 Å². The van der Waals surface area contributed by atoms with Gasteiger partial charge in [0.1, 0.15) is 17.4 Å². The van der Waals surface area contributed by atoms with Crippen molar-refractivity contribution in [3.05, 3.63) is 30.1 Å². The molecule has 1 aliphatic rings. The largest absolute Gasteiger partial charge is 0.450 e. The van der Waals surface area contributed by atoms with E-state index in [4.69, 9.17) is 4.74 Å². The molecule has 7 heteroatoms. The topological polar surface area (TPSA) is 74.3 Å². The van der Waals surface area contributed by atoms with Crippen LogP contribution in [0.15, 0.2) is 24.5 Å². The van der Waals surface area contributed by atoms with Gasteiger partial charge in [-0.1, -0.05) is 11.6 Å². The highest BCUT2D eigenvalue weighted by atomic mass is 16.6.